The minimum Gasteiger partial charge on any atom is -0.462 e. The quantitative estimate of drug-likeness (QED) is 0.499. The molecule has 0 atom stereocenters. The zero-order valence-electron chi connectivity index (χ0n) is 15.4. The van der Waals surface area contributed by atoms with E-state index in [9.17, 15) is 10.1 Å². The molecule has 0 heterocycles. The topological polar surface area (TPSA) is 62.1 Å². The predicted molar refractivity (Wildman–Crippen MR) is 114 cm³/mol. The molecule has 0 aromatic heterocycles. The second-order valence-electron chi connectivity index (χ2n) is 6.09. The number of benzene rings is 3. The van der Waals surface area contributed by atoms with Gasteiger partial charge in [-0.3, -0.25) is 0 Å². The van der Waals surface area contributed by atoms with Gasteiger partial charge in [-0.25, -0.2) is 4.79 Å². The van der Waals surface area contributed by atoms with Crippen molar-refractivity contribution in [2.24, 2.45) is 0 Å². The molecule has 0 unspecified atom stereocenters. The first-order valence-corrected chi connectivity index (χ1v) is 9.71. The van der Waals surface area contributed by atoms with Crippen molar-refractivity contribution >= 4 is 27.6 Å². The molecule has 1 N–H and O–H groups in total. The van der Waals surface area contributed by atoms with Gasteiger partial charge in [0.15, 0.2) is 0 Å². The number of para-hydroxylation sites is 1. The monoisotopic (exact) mass is 434 g/mol. The first kappa shape index (κ1) is 19.7. The van der Waals surface area contributed by atoms with E-state index in [1.165, 1.54) is 0 Å². The molecular weight excluding hydrogens is 416 g/mol. The summed E-state index contributed by atoms with van der Waals surface area (Å²) in [5, 5.41) is 12.6. The normalized spacial score (nSPS) is 10.2. The molecule has 28 heavy (non-hydrogen) atoms. The Bertz CT molecular complexity index is 1020. The number of rotatable bonds is 6. The molecule has 0 aliphatic carbocycles. The standard InChI is InChI=1S/C23H19BrN2O2/c1-2-28-23(27)20-8-5-9-21(24)22(20)26-15-16-10-12-17(13-11-16)19-7-4-3-6-18(19)14-25/h3-13,26H,2,15H2,1H3. The Morgan fingerprint density at radius 3 is 2.54 bits per heavy atom. The van der Waals surface area contributed by atoms with Crippen molar-refractivity contribution in [1.82, 2.24) is 0 Å². The summed E-state index contributed by atoms with van der Waals surface area (Å²) in [7, 11) is 0. The molecule has 0 saturated carbocycles. The maximum absolute atomic E-state index is 12.2. The van der Waals surface area contributed by atoms with Gasteiger partial charge >= 0.3 is 5.97 Å². The van der Waals surface area contributed by atoms with E-state index in [4.69, 9.17) is 4.74 Å². The number of nitrogens with zero attached hydrogens (tertiary/aromatic N) is 1. The van der Waals surface area contributed by atoms with Gasteiger partial charge in [0, 0.05) is 11.0 Å². The van der Waals surface area contributed by atoms with Crippen LogP contribution >= 0.6 is 15.9 Å². The number of hydrogen-bond acceptors (Lipinski definition) is 4. The van der Waals surface area contributed by atoms with Gasteiger partial charge in [0.25, 0.3) is 0 Å². The summed E-state index contributed by atoms with van der Waals surface area (Å²) in [6.07, 6.45) is 0. The maximum Gasteiger partial charge on any atom is 0.340 e. The highest BCUT2D eigenvalue weighted by Crippen LogP contribution is 2.28. The Hall–Kier alpha value is -3.10. The number of carbonyl (C=O) groups excluding carboxylic acids is 1. The number of ether oxygens (including phenoxy) is 1. The molecule has 0 spiro atoms. The average molecular weight is 435 g/mol. The molecule has 0 bridgehead atoms. The lowest BCUT2D eigenvalue weighted by Crippen LogP contribution is -2.10. The molecule has 0 fully saturated rings. The predicted octanol–water partition coefficient (Wildman–Crippen LogP) is 5.78. The lowest BCUT2D eigenvalue weighted by Gasteiger charge is -2.14. The van der Waals surface area contributed by atoms with Crippen molar-refractivity contribution in [2.75, 3.05) is 11.9 Å². The van der Waals surface area contributed by atoms with Crippen molar-refractivity contribution in [2.45, 2.75) is 13.5 Å². The van der Waals surface area contributed by atoms with Crippen LogP contribution in [0, 0.1) is 11.3 Å². The van der Waals surface area contributed by atoms with Crippen molar-refractivity contribution in [3.05, 3.63) is 87.9 Å². The van der Waals surface area contributed by atoms with Crippen molar-refractivity contribution in [1.29, 1.82) is 5.26 Å². The van der Waals surface area contributed by atoms with E-state index in [0.29, 0.717) is 30.0 Å². The molecule has 0 amide bonds. The van der Waals surface area contributed by atoms with Crippen LogP contribution in [0.3, 0.4) is 0 Å². The van der Waals surface area contributed by atoms with Crippen molar-refractivity contribution in [3.8, 4) is 17.2 Å². The van der Waals surface area contributed by atoms with Gasteiger partial charge < -0.3 is 10.1 Å². The number of anilines is 1. The summed E-state index contributed by atoms with van der Waals surface area (Å²) in [6.45, 7) is 2.67. The van der Waals surface area contributed by atoms with E-state index in [2.05, 4.69) is 27.3 Å². The van der Waals surface area contributed by atoms with Crippen LogP contribution in [0.1, 0.15) is 28.4 Å². The first-order chi connectivity index (χ1) is 13.6. The lowest BCUT2D eigenvalue weighted by atomic mass is 9.99. The Morgan fingerprint density at radius 1 is 1.07 bits per heavy atom. The third-order valence-corrected chi connectivity index (χ3v) is 4.95. The number of esters is 1. The van der Waals surface area contributed by atoms with Crippen LogP contribution < -0.4 is 5.32 Å². The zero-order valence-corrected chi connectivity index (χ0v) is 17.0. The average Bonchev–Trinajstić information content (AvgIpc) is 2.73. The fourth-order valence-corrected chi connectivity index (χ4v) is 3.41. The van der Waals surface area contributed by atoms with Gasteiger partial charge in [-0.05, 0) is 57.7 Å². The number of carbonyl (C=O) groups is 1. The lowest BCUT2D eigenvalue weighted by molar-refractivity contribution is 0.0527. The van der Waals surface area contributed by atoms with E-state index >= 15 is 0 Å². The SMILES string of the molecule is CCOC(=O)c1cccc(Br)c1NCc1ccc(-c2ccccc2C#N)cc1. The second-order valence-corrected chi connectivity index (χ2v) is 6.95. The molecular formula is C23H19BrN2O2. The van der Waals surface area contributed by atoms with Gasteiger partial charge in [-0.2, -0.15) is 5.26 Å². The van der Waals surface area contributed by atoms with Gasteiger partial charge in [0.05, 0.1) is 29.5 Å². The van der Waals surface area contributed by atoms with Gasteiger partial charge in [-0.15, -0.1) is 0 Å². The molecule has 5 heteroatoms. The zero-order chi connectivity index (χ0) is 19.9. The molecule has 3 rings (SSSR count). The molecule has 0 aliphatic heterocycles. The Labute approximate surface area is 172 Å². The largest absolute Gasteiger partial charge is 0.462 e. The van der Waals surface area contributed by atoms with E-state index < -0.39 is 0 Å². The summed E-state index contributed by atoms with van der Waals surface area (Å²) in [5.41, 5.74) is 4.83. The first-order valence-electron chi connectivity index (χ1n) is 8.92. The van der Waals surface area contributed by atoms with Crippen LogP contribution in [0.2, 0.25) is 0 Å². The fourth-order valence-electron chi connectivity index (χ4n) is 2.91. The van der Waals surface area contributed by atoms with Crippen molar-refractivity contribution < 1.29 is 9.53 Å². The highest BCUT2D eigenvalue weighted by Gasteiger charge is 2.14. The highest BCUT2D eigenvalue weighted by molar-refractivity contribution is 9.10. The van der Waals surface area contributed by atoms with E-state index in [1.807, 2.05) is 60.7 Å². The number of nitrogens with one attached hydrogen (secondary N) is 1. The van der Waals surface area contributed by atoms with E-state index in [-0.39, 0.29) is 5.97 Å². The number of nitriles is 1. The summed E-state index contributed by atoms with van der Waals surface area (Å²) in [5.74, 6) is -0.352. The molecule has 0 radical (unpaired) electrons. The van der Waals surface area contributed by atoms with Crippen molar-refractivity contribution in [3.63, 3.8) is 0 Å². The van der Waals surface area contributed by atoms with Crippen LogP contribution in [0.5, 0.6) is 0 Å². The minimum absolute atomic E-state index is 0.330. The summed E-state index contributed by atoms with van der Waals surface area (Å²) >= 11 is 3.50. The summed E-state index contributed by atoms with van der Waals surface area (Å²) in [6, 6.07) is 23.2. The van der Waals surface area contributed by atoms with Crippen LogP contribution in [0.4, 0.5) is 5.69 Å². The van der Waals surface area contributed by atoms with Gasteiger partial charge in [0.2, 0.25) is 0 Å². The molecule has 0 aliphatic rings. The third kappa shape index (κ3) is 4.41. The smallest absolute Gasteiger partial charge is 0.340 e. The second kappa shape index (κ2) is 9.20. The Morgan fingerprint density at radius 2 is 1.82 bits per heavy atom. The molecule has 3 aromatic rings. The van der Waals surface area contributed by atoms with Crippen LogP contribution in [-0.4, -0.2) is 12.6 Å². The van der Waals surface area contributed by atoms with Crippen LogP contribution in [0.15, 0.2) is 71.2 Å². The molecule has 140 valence electrons. The number of halogens is 1. The summed E-state index contributed by atoms with van der Waals surface area (Å²) < 4.78 is 5.94. The molecule has 3 aromatic carbocycles. The van der Waals surface area contributed by atoms with E-state index in [1.54, 1.807) is 13.0 Å². The van der Waals surface area contributed by atoms with Crippen LogP contribution in [-0.2, 0) is 11.3 Å². The van der Waals surface area contributed by atoms with E-state index in [0.717, 1.165) is 21.2 Å². The summed E-state index contributed by atoms with van der Waals surface area (Å²) in [4.78, 5) is 12.2. The van der Waals surface area contributed by atoms with Gasteiger partial charge in [-0.1, -0.05) is 48.5 Å². The Balaban J connectivity index is 1.78. The highest BCUT2D eigenvalue weighted by atomic mass is 79.9. The van der Waals surface area contributed by atoms with Gasteiger partial charge in [0.1, 0.15) is 0 Å². The molecule has 4 nitrogen and oxygen atoms in total. The van der Waals surface area contributed by atoms with Crippen LogP contribution in [0.25, 0.3) is 11.1 Å². The maximum atomic E-state index is 12.2. The molecule has 0 saturated heterocycles. The Kier molecular flexibility index (Phi) is 6.46. The fraction of sp³-hybridized carbons (Fsp3) is 0.130. The number of hydrogen-bond donors (Lipinski definition) is 1. The minimum atomic E-state index is -0.352. The third-order valence-electron chi connectivity index (χ3n) is 4.29.